The topological polar surface area (TPSA) is 70.9 Å². The van der Waals surface area contributed by atoms with Crippen LogP contribution in [0.3, 0.4) is 0 Å². The van der Waals surface area contributed by atoms with Gasteiger partial charge in [0, 0.05) is 11.1 Å². The highest BCUT2D eigenvalue weighted by atomic mass is 19.1. The fourth-order valence-electron chi connectivity index (χ4n) is 2.62. The fraction of sp³-hybridized carbons (Fsp3) is 0.333. The van der Waals surface area contributed by atoms with E-state index in [1.165, 1.54) is 31.4 Å². The Morgan fingerprint density at radius 1 is 1.15 bits per heavy atom. The van der Waals surface area contributed by atoms with Crippen molar-refractivity contribution in [1.29, 1.82) is 0 Å². The molecule has 0 aromatic heterocycles. The zero-order valence-electron chi connectivity index (χ0n) is 15.5. The van der Waals surface area contributed by atoms with Gasteiger partial charge >= 0.3 is 0 Å². The Labute approximate surface area is 158 Å². The van der Waals surface area contributed by atoms with Crippen molar-refractivity contribution in [3.8, 4) is 5.75 Å². The fourth-order valence-corrected chi connectivity index (χ4v) is 2.62. The minimum absolute atomic E-state index is 0.0128. The number of nitrogens with one attached hydrogen (secondary N) is 1. The number of halogens is 1. The second-order valence-corrected chi connectivity index (χ2v) is 6.18. The van der Waals surface area contributed by atoms with Gasteiger partial charge in [-0.15, -0.1) is 0 Å². The molecule has 2 aromatic rings. The molecule has 2 rings (SSSR count). The maximum Gasteiger partial charge on any atom is 0.158 e. The molecule has 0 aliphatic carbocycles. The van der Waals surface area contributed by atoms with E-state index in [1.54, 1.807) is 24.3 Å². The third-order valence-corrected chi connectivity index (χ3v) is 4.10. The van der Waals surface area contributed by atoms with E-state index in [2.05, 4.69) is 11.9 Å². The Balaban J connectivity index is 2.03. The van der Waals surface area contributed by atoms with Gasteiger partial charge in [0.15, 0.2) is 12.1 Å². The van der Waals surface area contributed by atoms with E-state index in [1.807, 2.05) is 5.48 Å². The number of carbonyl (C=O) groups is 1. The van der Waals surface area contributed by atoms with Crippen molar-refractivity contribution in [3.05, 3.63) is 59.4 Å². The van der Waals surface area contributed by atoms with Crippen molar-refractivity contribution < 1.29 is 19.1 Å². The maximum absolute atomic E-state index is 13.5. The molecular weight excluding hydrogens is 347 g/mol. The number of unbranched alkanes of at least 4 members (excludes halogenated alkanes) is 4. The van der Waals surface area contributed by atoms with Gasteiger partial charge in [0.1, 0.15) is 11.6 Å². The zero-order valence-corrected chi connectivity index (χ0v) is 15.5. The molecule has 0 bridgehead atoms. The van der Waals surface area contributed by atoms with Gasteiger partial charge < -0.3 is 4.74 Å². The van der Waals surface area contributed by atoms with E-state index in [9.17, 15) is 14.4 Å². The Bertz CT molecular complexity index is 761. The summed E-state index contributed by atoms with van der Waals surface area (Å²) in [6.45, 7) is 2.86. The highest BCUT2D eigenvalue weighted by molar-refractivity contribution is 6.05. The first-order chi connectivity index (χ1) is 13.2. The van der Waals surface area contributed by atoms with Gasteiger partial charge in [-0.2, -0.15) is 0 Å². The molecule has 2 aromatic carbocycles. The predicted molar refractivity (Wildman–Crippen MR) is 104 cm³/mol. The van der Waals surface area contributed by atoms with Crippen LogP contribution in [0.2, 0.25) is 0 Å². The average Bonchev–Trinajstić information content (AvgIpc) is 2.69. The molecule has 2 N–H and O–H groups in total. The molecule has 0 aliphatic heterocycles. The number of amidine groups is 1. The molecular formula is C21H25FN2O3. The van der Waals surface area contributed by atoms with Crippen LogP contribution in [-0.4, -0.2) is 23.9 Å². The van der Waals surface area contributed by atoms with Crippen LogP contribution in [0.15, 0.2) is 47.5 Å². The molecule has 5 nitrogen and oxygen atoms in total. The van der Waals surface area contributed by atoms with Gasteiger partial charge in [-0.25, -0.2) is 9.38 Å². The third kappa shape index (κ3) is 6.49. The van der Waals surface area contributed by atoms with Gasteiger partial charge in [-0.1, -0.05) is 32.6 Å². The molecule has 0 spiro atoms. The molecule has 0 unspecified atom stereocenters. The lowest BCUT2D eigenvalue weighted by atomic mass is 10.1. The lowest BCUT2D eigenvalue weighted by molar-refractivity contribution is 0.112. The summed E-state index contributed by atoms with van der Waals surface area (Å²) in [5, 5.41) is 9.37. The van der Waals surface area contributed by atoms with E-state index >= 15 is 0 Å². The smallest absolute Gasteiger partial charge is 0.158 e. The number of nitrogens with zero attached hydrogens (tertiary/aromatic N) is 1. The minimum atomic E-state index is -0.527. The highest BCUT2D eigenvalue weighted by Crippen LogP contribution is 2.20. The second-order valence-electron chi connectivity index (χ2n) is 6.18. The van der Waals surface area contributed by atoms with Gasteiger partial charge in [0.25, 0.3) is 0 Å². The number of benzene rings is 2. The van der Waals surface area contributed by atoms with Gasteiger partial charge in [0.2, 0.25) is 0 Å². The van der Waals surface area contributed by atoms with Crippen LogP contribution in [0.5, 0.6) is 5.75 Å². The highest BCUT2D eigenvalue weighted by Gasteiger charge is 2.10. The molecule has 0 aliphatic rings. The lowest BCUT2D eigenvalue weighted by Gasteiger charge is -2.09. The summed E-state index contributed by atoms with van der Waals surface area (Å²) >= 11 is 0. The first kappa shape index (κ1) is 20.6. The molecule has 0 saturated carbocycles. The Morgan fingerprint density at radius 2 is 1.89 bits per heavy atom. The van der Waals surface area contributed by atoms with E-state index in [4.69, 9.17) is 4.74 Å². The first-order valence-electron chi connectivity index (χ1n) is 9.14. The summed E-state index contributed by atoms with van der Waals surface area (Å²) in [4.78, 5) is 15.4. The Hall–Kier alpha value is -2.73. The van der Waals surface area contributed by atoms with Gasteiger partial charge in [-0.3, -0.25) is 15.5 Å². The van der Waals surface area contributed by atoms with Crippen LogP contribution in [0.25, 0.3) is 0 Å². The number of aldehydes is 1. The molecule has 0 atom stereocenters. The van der Waals surface area contributed by atoms with E-state index in [-0.39, 0.29) is 17.0 Å². The van der Waals surface area contributed by atoms with Gasteiger partial charge in [0.05, 0.1) is 12.3 Å². The van der Waals surface area contributed by atoms with Crippen molar-refractivity contribution in [3.63, 3.8) is 0 Å². The molecule has 0 amide bonds. The number of carbonyl (C=O) groups excluding carboxylic acids is 1. The summed E-state index contributed by atoms with van der Waals surface area (Å²) < 4.78 is 19.2. The molecule has 6 heteroatoms. The summed E-state index contributed by atoms with van der Waals surface area (Å²) in [6.07, 6.45) is 6.47. The van der Waals surface area contributed by atoms with E-state index < -0.39 is 5.82 Å². The Morgan fingerprint density at radius 3 is 2.56 bits per heavy atom. The van der Waals surface area contributed by atoms with Crippen LogP contribution in [0, 0.1) is 5.82 Å². The number of hydroxylamine groups is 1. The number of ether oxygens (including phenoxy) is 1. The first-order valence-corrected chi connectivity index (χ1v) is 9.14. The van der Waals surface area contributed by atoms with Crippen LogP contribution in [0.4, 0.5) is 10.1 Å². The molecule has 27 heavy (non-hydrogen) atoms. The van der Waals surface area contributed by atoms with Crippen LogP contribution < -0.4 is 10.2 Å². The van der Waals surface area contributed by atoms with Crippen LogP contribution in [-0.2, 0) is 0 Å². The minimum Gasteiger partial charge on any atom is -0.494 e. The molecule has 144 valence electrons. The standard InChI is InChI=1S/C21H25FN2O3/c1-2-3-4-5-6-13-27-19-11-9-18(10-12-19)23-21(24-26)20-14-17(22)8-7-16(20)15-25/h7-12,14-15,26H,2-6,13H2,1H3,(H,23,24). The van der Waals surface area contributed by atoms with Crippen molar-refractivity contribution >= 4 is 17.8 Å². The van der Waals surface area contributed by atoms with Crippen molar-refractivity contribution in [1.82, 2.24) is 5.48 Å². The van der Waals surface area contributed by atoms with Gasteiger partial charge in [-0.05, 0) is 48.9 Å². The Kier molecular flexibility index (Phi) is 8.45. The number of aliphatic imine (C=N–C) groups is 1. The molecule has 0 heterocycles. The number of hydrogen-bond acceptors (Lipinski definition) is 4. The summed E-state index contributed by atoms with van der Waals surface area (Å²) in [7, 11) is 0. The maximum atomic E-state index is 13.5. The average molecular weight is 372 g/mol. The number of rotatable bonds is 10. The molecule has 0 radical (unpaired) electrons. The predicted octanol–water partition coefficient (Wildman–Crippen LogP) is 5.04. The van der Waals surface area contributed by atoms with Crippen LogP contribution >= 0.6 is 0 Å². The summed E-state index contributed by atoms with van der Waals surface area (Å²) in [5.74, 6) is 0.199. The monoisotopic (exact) mass is 372 g/mol. The van der Waals surface area contributed by atoms with Crippen molar-refractivity contribution in [2.24, 2.45) is 4.99 Å². The van der Waals surface area contributed by atoms with Crippen LogP contribution in [0.1, 0.15) is 54.9 Å². The van der Waals surface area contributed by atoms with E-state index in [0.29, 0.717) is 18.6 Å². The summed E-state index contributed by atoms with van der Waals surface area (Å²) in [5.41, 5.74) is 2.87. The quantitative estimate of drug-likeness (QED) is 0.201. The van der Waals surface area contributed by atoms with Crippen molar-refractivity contribution in [2.45, 2.75) is 39.0 Å². The largest absolute Gasteiger partial charge is 0.494 e. The third-order valence-electron chi connectivity index (χ3n) is 4.10. The second kappa shape index (κ2) is 11.1. The normalized spacial score (nSPS) is 11.3. The van der Waals surface area contributed by atoms with Crippen molar-refractivity contribution in [2.75, 3.05) is 6.61 Å². The molecule has 0 fully saturated rings. The number of hydrogen-bond donors (Lipinski definition) is 2. The molecule has 0 saturated heterocycles. The SMILES string of the molecule is CCCCCCCOc1ccc(N=C(NO)c2cc(F)ccc2C=O)cc1. The van der Waals surface area contributed by atoms with E-state index in [0.717, 1.165) is 24.7 Å². The lowest BCUT2D eigenvalue weighted by Crippen LogP contribution is -2.21. The zero-order chi connectivity index (χ0) is 19.5. The summed E-state index contributed by atoms with van der Waals surface area (Å²) in [6, 6.07) is 10.7.